The van der Waals surface area contributed by atoms with Gasteiger partial charge in [-0.15, -0.1) is 0 Å². The van der Waals surface area contributed by atoms with Crippen LogP contribution in [0.4, 0.5) is 0 Å². The van der Waals surface area contributed by atoms with E-state index in [1.165, 1.54) is 0 Å². The van der Waals surface area contributed by atoms with Crippen LogP contribution in [0.2, 0.25) is 0 Å². The van der Waals surface area contributed by atoms with Gasteiger partial charge in [0.1, 0.15) is 29.3 Å². The van der Waals surface area contributed by atoms with Crippen LogP contribution in [-0.2, 0) is 5.41 Å². The molecule has 1 N–H and O–H groups in total. The summed E-state index contributed by atoms with van der Waals surface area (Å²) in [6, 6.07) is 5.22. The van der Waals surface area contributed by atoms with Crippen LogP contribution in [0.25, 0.3) is 11.0 Å². The molecule has 1 heterocycles. The molecule has 112 valence electrons. The molecule has 0 radical (unpaired) electrons. The summed E-state index contributed by atoms with van der Waals surface area (Å²) < 4.78 is 11.3. The number of carboxylic acid groups (broad SMARTS) is 1. The van der Waals surface area contributed by atoms with Crippen LogP contribution in [0.5, 0.6) is 5.75 Å². The minimum absolute atomic E-state index is 0.207. The highest BCUT2D eigenvalue weighted by molar-refractivity contribution is 6.04. The van der Waals surface area contributed by atoms with E-state index in [2.05, 4.69) is 6.58 Å². The van der Waals surface area contributed by atoms with Crippen LogP contribution in [0, 0.1) is 0 Å². The van der Waals surface area contributed by atoms with E-state index in [1.807, 2.05) is 27.7 Å². The van der Waals surface area contributed by atoms with Crippen LogP contribution in [-0.4, -0.2) is 17.7 Å². The lowest BCUT2D eigenvalue weighted by Gasteiger charge is -2.15. The Balaban J connectivity index is 2.57. The molecular weight excluding hydrogens is 268 g/mol. The van der Waals surface area contributed by atoms with E-state index >= 15 is 0 Å². The van der Waals surface area contributed by atoms with Crippen molar-refractivity contribution in [3.8, 4) is 5.75 Å². The van der Waals surface area contributed by atoms with E-state index in [0.717, 1.165) is 5.57 Å². The zero-order valence-corrected chi connectivity index (χ0v) is 12.8. The minimum atomic E-state index is -0.990. The first kappa shape index (κ1) is 15.2. The predicted octanol–water partition coefficient (Wildman–Crippen LogP) is 4.38. The van der Waals surface area contributed by atoms with Crippen molar-refractivity contribution in [2.75, 3.05) is 6.61 Å². The lowest BCUT2D eigenvalue weighted by atomic mass is 9.89. The van der Waals surface area contributed by atoms with Gasteiger partial charge in [0.05, 0.1) is 0 Å². The minimum Gasteiger partial charge on any atom is -0.489 e. The number of rotatable bonds is 4. The summed E-state index contributed by atoms with van der Waals surface area (Å²) in [4.78, 5) is 11.6. The smallest absolute Gasteiger partial charge is 0.339 e. The molecule has 0 aliphatic heterocycles. The fourth-order valence-corrected chi connectivity index (χ4v) is 2.11. The second kappa shape index (κ2) is 5.28. The van der Waals surface area contributed by atoms with Crippen molar-refractivity contribution in [2.45, 2.75) is 33.1 Å². The van der Waals surface area contributed by atoms with Gasteiger partial charge in [-0.05, 0) is 30.7 Å². The van der Waals surface area contributed by atoms with Gasteiger partial charge < -0.3 is 14.3 Å². The maximum atomic E-state index is 11.6. The normalized spacial score (nSPS) is 11.6. The van der Waals surface area contributed by atoms with Gasteiger partial charge in [0.15, 0.2) is 0 Å². The predicted molar refractivity (Wildman–Crippen MR) is 82.2 cm³/mol. The lowest BCUT2D eigenvalue weighted by molar-refractivity contribution is 0.0694. The van der Waals surface area contributed by atoms with Crippen molar-refractivity contribution in [1.29, 1.82) is 0 Å². The Kier molecular flexibility index (Phi) is 3.81. The van der Waals surface area contributed by atoms with E-state index in [4.69, 9.17) is 9.15 Å². The van der Waals surface area contributed by atoms with Crippen LogP contribution in [0.15, 0.2) is 34.8 Å². The van der Waals surface area contributed by atoms with Gasteiger partial charge in [0, 0.05) is 10.8 Å². The number of hydrogen-bond donors (Lipinski definition) is 1. The van der Waals surface area contributed by atoms with Crippen molar-refractivity contribution in [1.82, 2.24) is 0 Å². The molecule has 1 aromatic heterocycles. The van der Waals surface area contributed by atoms with Crippen LogP contribution >= 0.6 is 0 Å². The first-order valence-electron chi connectivity index (χ1n) is 6.77. The summed E-state index contributed by atoms with van der Waals surface area (Å²) in [6.07, 6.45) is 0. The third kappa shape index (κ3) is 3.10. The van der Waals surface area contributed by atoms with Crippen molar-refractivity contribution in [2.24, 2.45) is 0 Å². The third-order valence-corrected chi connectivity index (χ3v) is 3.04. The number of ether oxygens (including phenoxy) is 1. The number of fused-ring (bicyclic) bond motifs is 1. The van der Waals surface area contributed by atoms with Crippen molar-refractivity contribution in [3.05, 3.63) is 41.7 Å². The number of hydrogen-bond acceptors (Lipinski definition) is 3. The fraction of sp³-hybridized carbons (Fsp3) is 0.353. The largest absolute Gasteiger partial charge is 0.489 e. The van der Waals surface area contributed by atoms with Gasteiger partial charge in [-0.25, -0.2) is 4.79 Å². The van der Waals surface area contributed by atoms with Crippen LogP contribution in [0.1, 0.15) is 43.8 Å². The molecule has 4 heteroatoms. The molecule has 0 spiro atoms. The SMILES string of the molecule is C=C(C)COc1ccc2oc(C(C)(C)C)c(C(=O)O)c2c1. The van der Waals surface area contributed by atoms with Gasteiger partial charge in [-0.2, -0.15) is 0 Å². The van der Waals surface area contributed by atoms with Crippen LogP contribution in [0.3, 0.4) is 0 Å². The summed E-state index contributed by atoms with van der Waals surface area (Å²) >= 11 is 0. The first-order valence-corrected chi connectivity index (χ1v) is 6.77. The molecule has 1 aromatic carbocycles. The maximum absolute atomic E-state index is 11.6. The Morgan fingerprint density at radius 2 is 2.05 bits per heavy atom. The molecule has 0 saturated heterocycles. The van der Waals surface area contributed by atoms with Gasteiger partial charge in [0.2, 0.25) is 0 Å². The highest BCUT2D eigenvalue weighted by Crippen LogP contribution is 2.36. The van der Waals surface area contributed by atoms with E-state index in [9.17, 15) is 9.90 Å². The zero-order chi connectivity index (χ0) is 15.8. The molecule has 0 amide bonds. The Morgan fingerprint density at radius 1 is 1.38 bits per heavy atom. The summed E-state index contributed by atoms with van der Waals surface area (Å²) in [7, 11) is 0. The monoisotopic (exact) mass is 288 g/mol. The quantitative estimate of drug-likeness (QED) is 0.848. The van der Waals surface area contributed by atoms with Crippen LogP contribution < -0.4 is 4.74 Å². The summed E-state index contributed by atoms with van der Waals surface area (Å²) in [5, 5.41) is 10.1. The molecule has 0 unspecified atom stereocenters. The van der Waals surface area contributed by atoms with Gasteiger partial charge in [-0.1, -0.05) is 27.4 Å². The standard InChI is InChI=1S/C17H20O4/c1-10(2)9-20-11-6-7-13-12(8-11)14(16(18)19)15(21-13)17(3,4)5/h6-8H,1,9H2,2-5H3,(H,18,19). The maximum Gasteiger partial charge on any atom is 0.339 e. The molecular formula is C17H20O4. The molecule has 0 aliphatic rings. The molecule has 0 atom stereocenters. The van der Waals surface area contributed by atoms with E-state index in [-0.39, 0.29) is 11.0 Å². The lowest BCUT2D eigenvalue weighted by Crippen LogP contribution is -2.14. The second-order valence-corrected chi connectivity index (χ2v) is 6.27. The molecule has 0 saturated carbocycles. The fourth-order valence-electron chi connectivity index (χ4n) is 2.11. The Labute approximate surface area is 124 Å². The molecule has 0 fully saturated rings. The number of aromatic carboxylic acids is 1. The highest BCUT2D eigenvalue weighted by atomic mass is 16.5. The number of benzene rings is 1. The van der Waals surface area contributed by atoms with Gasteiger partial charge in [-0.3, -0.25) is 0 Å². The average Bonchev–Trinajstić information content (AvgIpc) is 2.74. The summed E-state index contributed by atoms with van der Waals surface area (Å²) in [6.45, 7) is 11.8. The Morgan fingerprint density at radius 3 is 2.57 bits per heavy atom. The van der Waals surface area contributed by atoms with E-state index < -0.39 is 5.97 Å². The molecule has 0 aliphatic carbocycles. The second-order valence-electron chi connectivity index (χ2n) is 6.27. The topological polar surface area (TPSA) is 59.7 Å². The van der Waals surface area contributed by atoms with Crippen molar-refractivity contribution >= 4 is 16.9 Å². The highest BCUT2D eigenvalue weighted by Gasteiger charge is 2.29. The van der Waals surface area contributed by atoms with Crippen molar-refractivity contribution < 1.29 is 19.1 Å². The molecule has 2 rings (SSSR count). The number of furan rings is 1. The third-order valence-electron chi connectivity index (χ3n) is 3.04. The number of carboxylic acids is 1. The van der Waals surface area contributed by atoms with Crippen molar-refractivity contribution in [3.63, 3.8) is 0 Å². The number of carbonyl (C=O) groups is 1. The summed E-state index contributed by atoms with van der Waals surface area (Å²) in [5.41, 5.74) is 1.28. The van der Waals surface area contributed by atoms with Gasteiger partial charge in [0.25, 0.3) is 0 Å². The molecule has 2 aromatic rings. The van der Waals surface area contributed by atoms with E-state index in [1.54, 1.807) is 18.2 Å². The molecule has 0 bridgehead atoms. The first-order chi connectivity index (χ1) is 9.70. The zero-order valence-electron chi connectivity index (χ0n) is 12.8. The molecule has 4 nitrogen and oxygen atoms in total. The Hall–Kier alpha value is -2.23. The summed E-state index contributed by atoms with van der Waals surface area (Å²) in [5.74, 6) is 0.0898. The van der Waals surface area contributed by atoms with Gasteiger partial charge >= 0.3 is 5.97 Å². The molecule has 21 heavy (non-hydrogen) atoms. The average molecular weight is 288 g/mol. The Bertz CT molecular complexity index is 701. The van der Waals surface area contributed by atoms with E-state index in [0.29, 0.717) is 29.1 Å².